The number of benzene rings is 1. The Bertz CT molecular complexity index is 471. The Morgan fingerprint density at radius 2 is 1.93 bits per heavy atom. The van der Waals surface area contributed by atoms with Crippen molar-refractivity contribution in [3.8, 4) is 5.69 Å². The van der Waals surface area contributed by atoms with Gasteiger partial charge < -0.3 is 9.67 Å². The van der Waals surface area contributed by atoms with Gasteiger partial charge in [-0.15, -0.1) is 0 Å². The van der Waals surface area contributed by atoms with Crippen LogP contribution in [-0.4, -0.2) is 9.67 Å². The summed E-state index contributed by atoms with van der Waals surface area (Å²) >= 11 is 0. The average Bonchev–Trinajstić information content (AvgIpc) is 2.70. The molecule has 1 aromatic heterocycles. The number of nitrogens with zero attached hydrogens (tertiary/aromatic N) is 1. The normalized spacial score (nSPS) is 10.6. The van der Waals surface area contributed by atoms with E-state index in [0.717, 1.165) is 11.4 Å². The molecule has 1 N–H and O–H groups in total. The van der Waals surface area contributed by atoms with Crippen molar-refractivity contribution in [1.82, 2.24) is 4.57 Å². The van der Waals surface area contributed by atoms with Crippen molar-refractivity contribution >= 4 is 0 Å². The molecule has 0 saturated carbocycles. The van der Waals surface area contributed by atoms with Crippen LogP contribution in [0.15, 0.2) is 36.5 Å². The number of hydrogen-bond acceptors (Lipinski definition) is 1. The van der Waals surface area contributed by atoms with Gasteiger partial charge in [0.1, 0.15) is 0 Å². The fourth-order valence-corrected chi connectivity index (χ4v) is 1.67. The minimum absolute atomic E-state index is 0.0694. The van der Waals surface area contributed by atoms with E-state index < -0.39 is 0 Å². The lowest BCUT2D eigenvalue weighted by atomic mass is 10.1. The van der Waals surface area contributed by atoms with Crippen LogP contribution >= 0.6 is 0 Å². The summed E-state index contributed by atoms with van der Waals surface area (Å²) in [7, 11) is 0. The first kappa shape index (κ1) is 9.99. The topological polar surface area (TPSA) is 25.2 Å². The van der Waals surface area contributed by atoms with E-state index in [9.17, 15) is 5.11 Å². The fraction of sp³-hybridized carbons (Fsp3) is 0.231. The number of aliphatic hydroxyl groups excluding tert-OH is 1. The summed E-state index contributed by atoms with van der Waals surface area (Å²) in [6, 6.07) is 10.2. The van der Waals surface area contributed by atoms with Crippen LogP contribution in [0.3, 0.4) is 0 Å². The van der Waals surface area contributed by atoms with Crippen LogP contribution in [-0.2, 0) is 6.61 Å². The third kappa shape index (κ3) is 1.81. The standard InChI is InChI=1S/C13H15NO/c1-10-5-6-12(8-11(10)2)14-7-3-4-13(14)9-15/h3-8,15H,9H2,1-2H3. The van der Waals surface area contributed by atoms with Gasteiger partial charge in [0.15, 0.2) is 0 Å². The lowest BCUT2D eigenvalue weighted by molar-refractivity contribution is 0.274. The van der Waals surface area contributed by atoms with E-state index in [1.54, 1.807) is 0 Å². The Kier molecular flexibility index (Phi) is 2.60. The molecule has 15 heavy (non-hydrogen) atoms. The zero-order valence-electron chi connectivity index (χ0n) is 9.07. The maximum atomic E-state index is 9.17. The van der Waals surface area contributed by atoms with E-state index in [0.29, 0.717) is 0 Å². The first-order valence-corrected chi connectivity index (χ1v) is 5.07. The Morgan fingerprint density at radius 3 is 2.60 bits per heavy atom. The third-order valence-corrected chi connectivity index (χ3v) is 2.76. The summed E-state index contributed by atoms with van der Waals surface area (Å²) in [5.41, 5.74) is 4.58. The molecule has 0 bridgehead atoms. The van der Waals surface area contributed by atoms with E-state index in [4.69, 9.17) is 0 Å². The van der Waals surface area contributed by atoms with E-state index in [1.165, 1.54) is 11.1 Å². The van der Waals surface area contributed by atoms with Crippen LogP contribution in [0.2, 0.25) is 0 Å². The van der Waals surface area contributed by atoms with Crippen molar-refractivity contribution in [3.63, 3.8) is 0 Å². The summed E-state index contributed by atoms with van der Waals surface area (Å²) < 4.78 is 2.01. The summed E-state index contributed by atoms with van der Waals surface area (Å²) in [6.07, 6.45) is 1.97. The Balaban J connectivity index is 2.50. The largest absolute Gasteiger partial charge is 0.390 e. The van der Waals surface area contributed by atoms with Crippen molar-refractivity contribution < 1.29 is 5.11 Å². The van der Waals surface area contributed by atoms with Gasteiger partial charge in [0.05, 0.1) is 6.61 Å². The molecule has 2 heteroatoms. The summed E-state index contributed by atoms with van der Waals surface area (Å²) in [6.45, 7) is 4.27. The van der Waals surface area contributed by atoms with Crippen molar-refractivity contribution in [2.45, 2.75) is 20.5 Å². The van der Waals surface area contributed by atoms with Crippen LogP contribution in [0.1, 0.15) is 16.8 Å². The molecule has 0 spiro atoms. The second kappa shape index (κ2) is 3.91. The molecule has 0 aliphatic rings. The average molecular weight is 201 g/mol. The highest BCUT2D eigenvalue weighted by molar-refractivity contribution is 5.41. The Morgan fingerprint density at radius 1 is 1.13 bits per heavy atom. The number of aliphatic hydroxyl groups is 1. The van der Waals surface area contributed by atoms with E-state index >= 15 is 0 Å². The molecule has 78 valence electrons. The van der Waals surface area contributed by atoms with Gasteiger partial charge in [-0.25, -0.2) is 0 Å². The second-order valence-electron chi connectivity index (χ2n) is 3.80. The zero-order valence-corrected chi connectivity index (χ0v) is 9.07. The highest BCUT2D eigenvalue weighted by Gasteiger charge is 2.02. The maximum Gasteiger partial charge on any atom is 0.0836 e. The van der Waals surface area contributed by atoms with Crippen molar-refractivity contribution in [2.75, 3.05) is 0 Å². The molecule has 0 aliphatic heterocycles. The van der Waals surface area contributed by atoms with Crippen LogP contribution in [0, 0.1) is 13.8 Å². The molecule has 0 aliphatic carbocycles. The maximum absolute atomic E-state index is 9.17. The second-order valence-corrected chi connectivity index (χ2v) is 3.80. The quantitative estimate of drug-likeness (QED) is 0.793. The lowest BCUT2D eigenvalue weighted by Gasteiger charge is -2.09. The van der Waals surface area contributed by atoms with E-state index in [-0.39, 0.29) is 6.61 Å². The predicted molar refractivity (Wildman–Crippen MR) is 61.2 cm³/mol. The van der Waals surface area contributed by atoms with Crippen molar-refractivity contribution in [3.05, 3.63) is 53.3 Å². The predicted octanol–water partition coefficient (Wildman–Crippen LogP) is 2.59. The number of aromatic nitrogens is 1. The monoisotopic (exact) mass is 201 g/mol. The molecule has 1 aromatic carbocycles. The molecule has 2 aromatic rings. The van der Waals surface area contributed by atoms with E-state index in [2.05, 4.69) is 32.0 Å². The van der Waals surface area contributed by atoms with E-state index in [1.807, 2.05) is 22.9 Å². The summed E-state index contributed by atoms with van der Waals surface area (Å²) in [4.78, 5) is 0. The summed E-state index contributed by atoms with van der Waals surface area (Å²) in [5.74, 6) is 0. The number of rotatable bonds is 2. The number of hydrogen-bond donors (Lipinski definition) is 1. The van der Waals surface area contributed by atoms with Crippen LogP contribution < -0.4 is 0 Å². The fourth-order valence-electron chi connectivity index (χ4n) is 1.67. The minimum Gasteiger partial charge on any atom is -0.390 e. The van der Waals surface area contributed by atoms with Gasteiger partial charge in [0.25, 0.3) is 0 Å². The van der Waals surface area contributed by atoms with Crippen molar-refractivity contribution in [1.29, 1.82) is 0 Å². The SMILES string of the molecule is Cc1ccc(-n2cccc2CO)cc1C. The highest BCUT2D eigenvalue weighted by atomic mass is 16.3. The molecule has 2 nitrogen and oxygen atoms in total. The number of aryl methyl sites for hydroxylation is 2. The molecule has 0 amide bonds. The van der Waals surface area contributed by atoms with Crippen LogP contribution in [0.5, 0.6) is 0 Å². The van der Waals surface area contributed by atoms with Gasteiger partial charge in [-0.3, -0.25) is 0 Å². The van der Waals surface area contributed by atoms with Gasteiger partial charge >= 0.3 is 0 Å². The molecule has 0 unspecified atom stereocenters. The summed E-state index contributed by atoms with van der Waals surface area (Å²) in [5, 5.41) is 9.17. The van der Waals surface area contributed by atoms with Gasteiger partial charge in [-0.2, -0.15) is 0 Å². The first-order chi connectivity index (χ1) is 7.22. The van der Waals surface area contributed by atoms with Crippen LogP contribution in [0.25, 0.3) is 5.69 Å². The van der Waals surface area contributed by atoms with Gasteiger partial charge in [-0.1, -0.05) is 6.07 Å². The zero-order chi connectivity index (χ0) is 10.8. The molecule has 0 radical (unpaired) electrons. The Hall–Kier alpha value is -1.54. The molecule has 0 atom stereocenters. The van der Waals surface area contributed by atoms with Crippen molar-refractivity contribution in [2.24, 2.45) is 0 Å². The molecular formula is C13H15NO. The molecule has 1 heterocycles. The molecule has 0 fully saturated rings. The van der Waals surface area contributed by atoms with Gasteiger partial charge in [-0.05, 0) is 49.2 Å². The molecule has 0 saturated heterocycles. The molecular weight excluding hydrogens is 186 g/mol. The highest BCUT2D eigenvalue weighted by Crippen LogP contribution is 2.16. The van der Waals surface area contributed by atoms with Gasteiger partial charge in [0, 0.05) is 17.6 Å². The van der Waals surface area contributed by atoms with Gasteiger partial charge in [0.2, 0.25) is 0 Å². The first-order valence-electron chi connectivity index (χ1n) is 5.07. The minimum atomic E-state index is 0.0694. The lowest BCUT2D eigenvalue weighted by Crippen LogP contribution is -1.99. The third-order valence-electron chi connectivity index (χ3n) is 2.76. The smallest absolute Gasteiger partial charge is 0.0836 e. The molecule has 2 rings (SSSR count). The van der Waals surface area contributed by atoms with Crippen LogP contribution in [0.4, 0.5) is 0 Å². The Labute approximate surface area is 89.8 Å².